The first-order valence-corrected chi connectivity index (χ1v) is 7.95. The van der Waals surface area contributed by atoms with Crippen molar-refractivity contribution in [1.29, 1.82) is 0 Å². The van der Waals surface area contributed by atoms with Crippen molar-refractivity contribution in [3.05, 3.63) is 22.2 Å². The molecule has 0 saturated heterocycles. The SMILES string of the molecule is COc1cc(C(Cl)C2C3CCCC32)c(OC)cc1Br. The molecule has 2 saturated carbocycles. The molecule has 0 aromatic heterocycles. The van der Waals surface area contributed by atoms with Gasteiger partial charge in [-0.2, -0.15) is 0 Å². The maximum atomic E-state index is 6.72. The second-order valence-electron chi connectivity index (χ2n) is 5.47. The van der Waals surface area contributed by atoms with Crippen molar-refractivity contribution >= 4 is 27.5 Å². The molecule has 0 heterocycles. The van der Waals surface area contributed by atoms with Crippen molar-refractivity contribution in [1.82, 2.24) is 0 Å². The van der Waals surface area contributed by atoms with Crippen LogP contribution in [0.25, 0.3) is 0 Å². The van der Waals surface area contributed by atoms with Gasteiger partial charge in [-0.05, 0) is 58.7 Å². The number of halogens is 2. The van der Waals surface area contributed by atoms with E-state index < -0.39 is 0 Å². The lowest BCUT2D eigenvalue weighted by atomic mass is 10.0. The summed E-state index contributed by atoms with van der Waals surface area (Å²) in [6.45, 7) is 0. The summed E-state index contributed by atoms with van der Waals surface area (Å²) in [5.41, 5.74) is 1.06. The molecule has 3 rings (SSSR count). The van der Waals surface area contributed by atoms with Crippen LogP contribution >= 0.6 is 27.5 Å². The summed E-state index contributed by atoms with van der Waals surface area (Å²) in [4.78, 5) is 0. The van der Waals surface area contributed by atoms with E-state index in [1.54, 1.807) is 14.2 Å². The van der Waals surface area contributed by atoms with Crippen molar-refractivity contribution < 1.29 is 9.47 Å². The number of rotatable bonds is 4. The molecule has 2 aliphatic carbocycles. The fourth-order valence-electron chi connectivity index (χ4n) is 3.62. The van der Waals surface area contributed by atoms with Gasteiger partial charge in [-0.25, -0.2) is 0 Å². The molecular weight excluding hydrogens is 328 g/mol. The van der Waals surface area contributed by atoms with E-state index in [-0.39, 0.29) is 5.38 Å². The molecule has 0 spiro atoms. The first kappa shape index (κ1) is 13.6. The summed E-state index contributed by atoms with van der Waals surface area (Å²) in [7, 11) is 3.36. The van der Waals surface area contributed by atoms with E-state index in [9.17, 15) is 0 Å². The molecule has 4 heteroatoms. The highest BCUT2D eigenvalue weighted by Gasteiger charge is 2.56. The number of fused-ring (bicyclic) bond motifs is 1. The van der Waals surface area contributed by atoms with E-state index in [0.717, 1.165) is 33.4 Å². The quantitative estimate of drug-likeness (QED) is 0.730. The van der Waals surface area contributed by atoms with Crippen LogP contribution in [0.2, 0.25) is 0 Å². The van der Waals surface area contributed by atoms with E-state index >= 15 is 0 Å². The maximum absolute atomic E-state index is 6.72. The van der Waals surface area contributed by atoms with Crippen LogP contribution in [0.1, 0.15) is 30.2 Å². The highest BCUT2D eigenvalue weighted by atomic mass is 79.9. The van der Waals surface area contributed by atoms with E-state index in [0.29, 0.717) is 5.92 Å². The first-order valence-electron chi connectivity index (χ1n) is 6.73. The minimum atomic E-state index is 0.0345. The van der Waals surface area contributed by atoms with Crippen molar-refractivity contribution in [2.75, 3.05) is 14.2 Å². The summed E-state index contributed by atoms with van der Waals surface area (Å²) >= 11 is 10.2. The fourth-order valence-corrected chi connectivity index (χ4v) is 4.65. The van der Waals surface area contributed by atoms with Crippen LogP contribution in [0.5, 0.6) is 11.5 Å². The highest BCUT2D eigenvalue weighted by molar-refractivity contribution is 9.10. The Balaban J connectivity index is 1.90. The van der Waals surface area contributed by atoms with Gasteiger partial charge in [0, 0.05) is 5.56 Å². The van der Waals surface area contributed by atoms with Gasteiger partial charge in [0.15, 0.2) is 0 Å². The van der Waals surface area contributed by atoms with Gasteiger partial charge in [0.1, 0.15) is 11.5 Å². The van der Waals surface area contributed by atoms with Gasteiger partial charge >= 0.3 is 0 Å². The smallest absolute Gasteiger partial charge is 0.133 e. The van der Waals surface area contributed by atoms with E-state index in [1.807, 2.05) is 12.1 Å². The van der Waals surface area contributed by atoms with Gasteiger partial charge in [0.25, 0.3) is 0 Å². The lowest BCUT2D eigenvalue weighted by Gasteiger charge is -2.17. The third-order valence-electron chi connectivity index (χ3n) is 4.61. The number of hydrogen-bond donors (Lipinski definition) is 0. The minimum Gasteiger partial charge on any atom is -0.496 e. The number of hydrogen-bond acceptors (Lipinski definition) is 2. The molecule has 0 N–H and O–H groups in total. The van der Waals surface area contributed by atoms with E-state index in [4.69, 9.17) is 21.1 Å². The first-order chi connectivity index (χ1) is 9.17. The molecule has 0 amide bonds. The number of ether oxygens (including phenoxy) is 2. The van der Waals surface area contributed by atoms with Crippen LogP contribution in [0, 0.1) is 17.8 Å². The molecule has 1 aromatic rings. The molecule has 0 aliphatic heterocycles. The van der Waals surface area contributed by atoms with Crippen molar-refractivity contribution in [3.63, 3.8) is 0 Å². The molecular formula is C15H18BrClO2. The second kappa shape index (κ2) is 5.17. The summed E-state index contributed by atoms with van der Waals surface area (Å²) in [5, 5.41) is 0.0345. The van der Waals surface area contributed by atoms with Gasteiger partial charge < -0.3 is 9.47 Å². The third-order valence-corrected chi connectivity index (χ3v) is 5.76. The normalized spacial score (nSPS) is 29.8. The van der Waals surface area contributed by atoms with Gasteiger partial charge in [-0.15, -0.1) is 11.6 Å². The maximum Gasteiger partial charge on any atom is 0.133 e. The molecule has 3 atom stereocenters. The molecule has 2 aliphatic rings. The summed E-state index contributed by atoms with van der Waals surface area (Å²) < 4.78 is 11.7. The monoisotopic (exact) mass is 344 g/mol. The van der Waals surface area contributed by atoms with Crippen LogP contribution in [-0.4, -0.2) is 14.2 Å². The van der Waals surface area contributed by atoms with Gasteiger partial charge in [-0.3, -0.25) is 0 Å². The Labute approximate surface area is 127 Å². The minimum absolute atomic E-state index is 0.0345. The molecule has 19 heavy (non-hydrogen) atoms. The molecule has 2 nitrogen and oxygen atoms in total. The Morgan fingerprint density at radius 1 is 1.16 bits per heavy atom. The summed E-state index contributed by atoms with van der Waals surface area (Å²) in [6, 6.07) is 3.95. The van der Waals surface area contributed by atoms with Gasteiger partial charge in [-0.1, -0.05) is 6.42 Å². The number of alkyl halides is 1. The zero-order chi connectivity index (χ0) is 13.6. The number of benzene rings is 1. The second-order valence-corrected chi connectivity index (χ2v) is 6.79. The Morgan fingerprint density at radius 2 is 1.79 bits per heavy atom. The zero-order valence-corrected chi connectivity index (χ0v) is 13.5. The fraction of sp³-hybridized carbons (Fsp3) is 0.600. The van der Waals surface area contributed by atoms with E-state index in [2.05, 4.69) is 15.9 Å². The Hall–Kier alpha value is -0.410. The molecule has 3 unspecified atom stereocenters. The molecule has 0 radical (unpaired) electrons. The Bertz CT molecular complexity index is 481. The van der Waals surface area contributed by atoms with E-state index in [1.165, 1.54) is 19.3 Å². The lowest BCUT2D eigenvalue weighted by Crippen LogP contribution is -2.02. The van der Waals surface area contributed by atoms with Crippen molar-refractivity contribution in [3.8, 4) is 11.5 Å². The van der Waals surface area contributed by atoms with Crippen LogP contribution in [0.4, 0.5) is 0 Å². The van der Waals surface area contributed by atoms with Crippen LogP contribution in [-0.2, 0) is 0 Å². The van der Waals surface area contributed by atoms with Crippen LogP contribution in [0.15, 0.2) is 16.6 Å². The van der Waals surface area contributed by atoms with Gasteiger partial charge in [0.2, 0.25) is 0 Å². The average Bonchev–Trinajstić information content (AvgIpc) is 2.90. The molecule has 0 bridgehead atoms. The van der Waals surface area contributed by atoms with Crippen LogP contribution in [0.3, 0.4) is 0 Å². The summed E-state index contributed by atoms with van der Waals surface area (Å²) in [5.74, 6) is 3.95. The average molecular weight is 346 g/mol. The summed E-state index contributed by atoms with van der Waals surface area (Å²) in [6.07, 6.45) is 4.05. The van der Waals surface area contributed by atoms with Crippen molar-refractivity contribution in [2.24, 2.45) is 17.8 Å². The predicted octanol–water partition coefficient (Wildman–Crippen LogP) is 4.79. The van der Waals surface area contributed by atoms with Gasteiger partial charge in [0.05, 0.1) is 24.1 Å². The number of methoxy groups -OCH3 is 2. The predicted molar refractivity (Wildman–Crippen MR) is 80.2 cm³/mol. The highest BCUT2D eigenvalue weighted by Crippen LogP contribution is 2.64. The molecule has 104 valence electrons. The largest absolute Gasteiger partial charge is 0.496 e. The lowest BCUT2D eigenvalue weighted by molar-refractivity contribution is 0.393. The van der Waals surface area contributed by atoms with Crippen molar-refractivity contribution in [2.45, 2.75) is 24.6 Å². The molecule has 1 aromatic carbocycles. The Morgan fingerprint density at radius 3 is 2.37 bits per heavy atom. The standard InChI is InChI=1S/C15H18BrClO2/c1-18-12-7-11(16)13(19-2)6-10(12)15(17)14-8-4-3-5-9(8)14/h6-9,14-15H,3-5H2,1-2H3. The molecule has 2 fully saturated rings. The zero-order valence-electron chi connectivity index (χ0n) is 11.2. The Kier molecular flexibility index (Phi) is 3.69. The topological polar surface area (TPSA) is 18.5 Å². The van der Waals surface area contributed by atoms with Crippen LogP contribution < -0.4 is 9.47 Å². The third kappa shape index (κ3) is 2.25.